The number of carbonyl (C=O) groups is 2. The number of ketones is 1. The van der Waals surface area contributed by atoms with Gasteiger partial charge in [-0.05, 0) is 6.92 Å². The molecule has 0 aliphatic carbocycles. The first-order chi connectivity index (χ1) is 9.19. The number of esters is 1. The second-order valence-corrected chi connectivity index (χ2v) is 4.34. The maximum absolute atomic E-state index is 11.7. The summed E-state index contributed by atoms with van der Waals surface area (Å²) in [7, 11) is 0. The zero-order valence-electron chi connectivity index (χ0n) is 11.6. The van der Waals surface area contributed by atoms with Crippen LogP contribution in [0.5, 0.6) is 11.5 Å². The van der Waals surface area contributed by atoms with Crippen LogP contribution in [0, 0.1) is 0 Å². The van der Waals surface area contributed by atoms with Gasteiger partial charge in [-0.15, -0.1) is 11.3 Å². The summed E-state index contributed by atoms with van der Waals surface area (Å²) in [5, 5.41) is 0. The monoisotopic (exact) mass is 286 g/mol. The zero-order valence-corrected chi connectivity index (χ0v) is 12.4. The van der Waals surface area contributed by atoms with E-state index in [0.717, 1.165) is 11.3 Å². The van der Waals surface area contributed by atoms with E-state index in [1.807, 2.05) is 13.8 Å². The Morgan fingerprint density at radius 1 is 1.16 bits per heavy atom. The van der Waals surface area contributed by atoms with Gasteiger partial charge in [-0.2, -0.15) is 0 Å². The molecule has 0 bridgehead atoms. The molecule has 0 amide bonds. The predicted molar refractivity (Wildman–Crippen MR) is 72.4 cm³/mol. The molecule has 0 atom stereocenters. The molecule has 0 radical (unpaired) electrons. The summed E-state index contributed by atoms with van der Waals surface area (Å²) in [6.45, 7) is 7.80. The average Bonchev–Trinajstić information content (AvgIpc) is 3.02. The minimum absolute atomic E-state index is 0.0363. The lowest BCUT2D eigenvalue weighted by Gasteiger charge is -2.00. The summed E-state index contributed by atoms with van der Waals surface area (Å²) in [4.78, 5) is 24.1. The van der Waals surface area contributed by atoms with Crippen molar-refractivity contribution in [3.8, 4) is 11.5 Å². The highest BCUT2D eigenvalue weighted by atomic mass is 32.1. The van der Waals surface area contributed by atoms with E-state index in [1.165, 1.54) is 0 Å². The number of hydrogen-bond donors (Lipinski definition) is 0. The lowest BCUT2D eigenvalue weighted by atomic mass is 10.2. The van der Waals surface area contributed by atoms with Gasteiger partial charge in [0.15, 0.2) is 22.2 Å². The number of hydrogen-bond acceptors (Lipinski definition) is 6. The molecular formula is C13H18O5S. The first-order valence-electron chi connectivity index (χ1n) is 6.31. The van der Waals surface area contributed by atoms with Crippen LogP contribution in [0.25, 0.3) is 0 Å². The van der Waals surface area contributed by atoms with Gasteiger partial charge in [0.25, 0.3) is 0 Å². The number of carbonyl (C=O) groups excluding carboxylic acids is 2. The predicted octanol–water partition coefficient (Wildman–Crippen LogP) is 3.27. The Morgan fingerprint density at radius 2 is 1.74 bits per heavy atom. The van der Waals surface area contributed by atoms with Gasteiger partial charge in [-0.3, -0.25) is 4.79 Å². The quantitative estimate of drug-likeness (QED) is 0.628. The molecule has 106 valence electrons. The highest BCUT2D eigenvalue weighted by Crippen LogP contribution is 2.46. The molecule has 0 spiro atoms. The summed E-state index contributed by atoms with van der Waals surface area (Å²) in [5.74, 6) is 0.178. The molecule has 0 saturated carbocycles. The van der Waals surface area contributed by atoms with Gasteiger partial charge in [-0.1, -0.05) is 20.8 Å². The highest BCUT2D eigenvalue weighted by molar-refractivity contribution is 7.16. The van der Waals surface area contributed by atoms with E-state index in [9.17, 15) is 9.59 Å². The maximum atomic E-state index is 11.7. The van der Waals surface area contributed by atoms with Crippen molar-refractivity contribution in [2.24, 2.45) is 0 Å². The number of ether oxygens (including phenoxy) is 3. The first-order valence-corrected chi connectivity index (χ1v) is 7.13. The largest absolute Gasteiger partial charge is 0.462 e. The van der Waals surface area contributed by atoms with Crippen molar-refractivity contribution >= 4 is 23.1 Å². The molecule has 1 aromatic rings. The molecule has 19 heavy (non-hydrogen) atoms. The summed E-state index contributed by atoms with van der Waals surface area (Å²) in [6, 6.07) is 0. The van der Waals surface area contributed by atoms with Crippen LogP contribution in [0.3, 0.4) is 0 Å². The third-order valence-electron chi connectivity index (χ3n) is 2.26. The highest BCUT2D eigenvalue weighted by Gasteiger charge is 2.32. The normalized spacial score (nSPS) is 11.6. The maximum Gasteiger partial charge on any atom is 0.352 e. The van der Waals surface area contributed by atoms with Crippen LogP contribution in [0.1, 0.15) is 53.5 Å². The van der Waals surface area contributed by atoms with E-state index >= 15 is 0 Å². The van der Waals surface area contributed by atoms with Crippen molar-refractivity contribution in [1.82, 2.24) is 0 Å². The molecule has 0 unspecified atom stereocenters. The first kappa shape index (κ1) is 15.5. The van der Waals surface area contributed by atoms with E-state index in [2.05, 4.69) is 0 Å². The third-order valence-corrected chi connectivity index (χ3v) is 3.44. The summed E-state index contributed by atoms with van der Waals surface area (Å²) < 4.78 is 15.3. The summed E-state index contributed by atoms with van der Waals surface area (Å²) in [5.41, 5.74) is 0. The fraction of sp³-hybridized carbons (Fsp3) is 0.538. The lowest BCUT2D eigenvalue weighted by molar-refractivity contribution is 0.0527. The fourth-order valence-electron chi connectivity index (χ4n) is 1.49. The second kappa shape index (κ2) is 7.13. The van der Waals surface area contributed by atoms with Crippen LogP contribution >= 0.6 is 11.3 Å². The summed E-state index contributed by atoms with van der Waals surface area (Å²) in [6.07, 6.45) is 0.360. The van der Waals surface area contributed by atoms with Gasteiger partial charge in [0.05, 0.1) is 6.61 Å². The Morgan fingerprint density at radius 3 is 2.26 bits per heavy atom. The molecule has 1 aliphatic rings. The van der Waals surface area contributed by atoms with E-state index in [1.54, 1.807) is 13.8 Å². The van der Waals surface area contributed by atoms with Crippen LogP contribution < -0.4 is 9.47 Å². The van der Waals surface area contributed by atoms with Crippen molar-refractivity contribution < 1.29 is 23.8 Å². The average molecular weight is 286 g/mol. The summed E-state index contributed by atoms with van der Waals surface area (Å²) >= 11 is 1.07. The van der Waals surface area contributed by atoms with E-state index in [-0.39, 0.29) is 19.2 Å². The third kappa shape index (κ3) is 3.07. The van der Waals surface area contributed by atoms with Crippen molar-refractivity contribution in [1.29, 1.82) is 0 Å². The van der Waals surface area contributed by atoms with Gasteiger partial charge < -0.3 is 14.2 Å². The Balaban J connectivity index is 0.000000861. The Kier molecular flexibility index (Phi) is 5.82. The molecule has 1 aromatic heterocycles. The smallest absolute Gasteiger partial charge is 0.352 e. The topological polar surface area (TPSA) is 61.8 Å². The molecule has 0 N–H and O–H groups in total. The standard InChI is InChI=1S/C11H12O5S.C2H6/c1-3-6(12)9-7-8(16-5-15-7)10(17-9)11(13)14-4-2;1-2/h3-5H2,1-2H3;1-2H3. The van der Waals surface area contributed by atoms with Crippen molar-refractivity contribution in [3.05, 3.63) is 9.75 Å². The Bertz CT molecular complexity index is 464. The zero-order chi connectivity index (χ0) is 14.4. The molecule has 0 fully saturated rings. The minimum atomic E-state index is -0.477. The van der Waals surface area contributed by atoms with Gasteiger partial charge in [-0.25, -0.2) is 4.79 Å². The van der Waals surface area contributed by atoms with Crippen molar-refractivity contribution in [2.75, 3.05) is 13.4 Å². The lowest BCUT2D eigenvalue weighted by Crippen LogP contribution is -2.05. The number of fused-ring (bicyclic) bond motifs is 1. The molecule has 6 heteroatoms. The van der Waals surface area contributed by atoms with Crippen molar-refractivity contribution in [2.45, 2.75) is 34.1 Å². The van der Waals surface area contributed by atoms with Gasteiger partial charge >= 0.3 is 5.97 Å². The SMILES string of the molecule is CC.CCOC(=O)c1sc(C(=O)CC)c2c1OCO2. The van der Waals surface area contributed by atoms with Crippen LogP contribution in [0.4, 0.5) is 0 Å². The van der Waals surface area contributed by atoms with Gasteiger partial charge in [0, 0.05) is 6.42 Å². The Labute approximate surface area is 116 Å². The van der Waals surface area contributed by atoms with Crippen LogP contribution in [-0.4, -0.2) is 25.2 Å². The van der Waals surface area contributed by atoms with E-state index < -0.39 is 5.97 Å². The number of Topliss-reactive ketones (excluding diaryl/α,β-unsaturated/α-hetero) is 1. The van der Waals surface area contributed by atoms with E-state index in [0.29, 0.717) is 27.7 Å². The fourth-order valence-corrected chi connectivity index (χ4v) is 2.58. The Hall–Kier alpha value is -1.56. The number of thiophene rings is 1. The van der Waals surface area contributed by atoms with Crippen molar-refractivity contribution in [3.63, 3.8) is 0 Å². The molecule has 5 nitrogen and oxygen atoms in total. The molecule has 2 heterocycles. The minimum Gasteiger partial charge on any atom is -0.462 e. The van der Waals surface area contributed by atoms with Gasteiger partial charge in [0.2, 0.25) is 6.79 Å². The van der Waals surface area contributed by atoms with Gasteiger partial charge in [0.1, 0.15) is 4.88 Å². The van der Waals surface area contributed by atoms with E-state index in [4.69, 9.17) is 14.2 Å². The molecule has 1 aliphatic heterocycles. The van der Waals surface area contributed by atoms with Crippen LogP contribution in [0.15, 0.2) is 0 Å². The molecule has 2 rings (SSSR count). The molecule has 0 aromatic carbocycles. The molecular weight excluding hydrogens is 268 g/mol. The van der Waals surface area contributed by atoms with Crippen LogP contribution in [-0.2, 0) is 4.74 Å². The van der Waals surface area contributed by atoms with Crippen LogP contribution in [0.2, 0.25) is 0 Å². The molecule has 0 saturated heterocycles. The number of rotatable bonds is 4. The second-order valence-electron chi connectivity index (χ2n) is 3.32.